The molecule has 0 bridgehead atoms. The van der Waals surface area contributed by atoms with Crippen molar-refractivity contribution in [2.24, 2.45) is 0 Å². The normalized spacial score (nSPS) is 22.8. The molecule has 1 aromatic heterocycles. The molecule has 2 saturated carbocycles. The fourth-order valence-electron chi connectivity index (χ4n) is 4.83. The summed E-state index contributed by atoms with van der Waals surface area (Å²) in [5.41, 5.74) is 0.896. The molecule has 5 rings (SSSR count). The van der Waals surface area contributed by atoms with Gasteiger partial charge in [0.1, 0.15) is 5.82 Å². The molecule has 3 fully saturated rings. The first-order valence-corrected chi connectivity index (χ1v) is 11.4. The Balaban J connectivity index is 1.48. The van der Waals surface area contributed by atoms with Crippen LogP contribution in [0.2, 0.25) is 0 Å². The van der Waals surface area contributed by atoms with Crippen LogP contribution in [0.5, 0.6) is 0 Å². The van der Waals surface area contributed by atoms with Gasteiger partial charge in [0.15, 0.2) is 10.6 Å². The highest BCUT2D eigenvalue weighted by atomic mass is 32.1. The molecule has 7 heteroatoms. The lowest BCUT2D eigenvalue weighted by Crippen LogP contribution is -2.37. The molecule has 1 atom stereocenters. The summed E-state index contributed by atoms with van der Waals surface area (Å²) in [7, 11) is 0. The van der Waals surface area contributed by atoms with Crippen LogP contribution in [0.3, 0.4) is 0 Å². The van der Waals surface area contributed by atoms with Gasteiger partial charge in [0.2, 0.25) is 0 Å². The Morgan fingerprint density at radius 3 is 2.41 bits per heavy atom. The highest BCUT2D eigenvalue weighted by Gasteiger charge is 2.36. The number of nitrogens with zero attached hydrogens (tertiary/aromatic N) is 4. The molecule has 2 aromatic rings. The van der Waals surface area contributed by atoms with E-state index in [1.807, 2.05) is 4.68 Å². The van der Waals surface area contributed by atoms with Gasteiger partial charge >= 0.3 is 0 Å². The van der Waals surface area contributed by atoms with Crippen molar-refractivity contribution in [3.8, 4) is 11.4 Å². The summed E-state index contributed by atoms with van der Waals surface area (Å²) in [5, 5.41) is 4.93. The van der Waals surface area contributed by atoms with E-state index >= 15 is 0 Å². The van der Waals surface area contributed by atoms with Crippen LogP contribution in [-0.4, -0.2) is 44.0 Å². The number of aromatic nitrogens is 3. The number of rotatable bonds is 7. The Hall–Kier alpha value is -1.57. The van der Waals surface area contributed by atoms with E-state index in [2.05, 4.69) is 9.47 Å². The van der Waals surface area contributed by atoms with Gasteiger partial charge in [-0.3, -0.25) is 9.47 Å². The first kappa shape index (κ1) is 19.4. The first-order chi connectivity index (χ1) is 14.2. The molecule has 2 heterocycles. The van der Waals surface area contributed by atoms with E-state index in [-0.39, 0.29) is 11.9 Å². The Labute approximate surface area is 176 Å². The second-order valence-electron chi connectivity index (χ2n) is 8.68. The molecular weight excluding hydrogens is 387 g/mol. The van der Waals surface area contributed by atoms with Crippen molar-refractivity contribution in [1.29, 1.82) is 0 Å². The lowest BCUT2D eigenvalue weighted by atomic mass is 10.2. The molecule has 0 N–H and O–H groups in total. The molecule has 1 aliphatic heterocycles. The molecule has 0 spiro atoms. The predicted molar refractivity (Wildman–Crippen MR) is 113 cm³/mol. The Morgan fingerprint density at radius 2 is 1.76 bits per heavy atom. The van der Waals surface area contributed by atoms with Crippen molar-refractivity contribution in [3.63, 3.8) is 0 Å². The van der Waals surface area contributed by atoms with Gasteiger partial charge in [-0.1, -0.05) is 12.8 Å². The van der Waals surface area contributed by atoms with E-state index in [0.717, 1.165) is 42.3 Å². The summed E-state index contributed by atoms with van der Waals surface area (Å²) >= 11 is 5.88. The summed E-state index contributed by atoms with van der Waals surface area (Å²) in [4.78, 5) is 2.63. The number of hydrogen-bond acceptors (Lipinski definition) is 4. The highest BCUT2D eigenvalue weighted by molar-refractivity contribution is 7.71. The van der Waals surface area contributed by atoms with Crippen molar-refractivity contribution in [3.05, 3.63) is 34.9 Å². The fraction of sp³-hybridized carbons (Fsp3) is 0.636. The number of benzene rings is 1. The summed E-state index contributed by atoms with van der Waals surface area (Å²) < 4.78 is 24.2. The molecule has 2 aliphatic carbocycles. The minimum absolute atomic E-state index is 0.174. The summed E-state index contributed by atoms with van der Waals surface area (Å²) in [6, 6.07) is 7.89. The van der Waals surface area contributed by atoms with E-state index in [9.17, 15) is 4.39 Å². The third-order valence-electron chi connectivity index (χ3n) is 6.54. The van der Waals surface area contributed by atoms with Crippen LogP contribution in [0.4, 0.5) is 4.39 Å². The maximum atomic E-state index is 13.5. The van der Waals surface area contributed by atoms with Gasteiger partial charge in [-0.05, 0) is 75.0 Å². The first-order valence-electron chi connectivity index (χ1n) is 11.0. The van der Waals surface area contributed by atoms with Gasteiger partial charge in [0.25, 0.3) is 0 Å². The van der Waals surface area contributed by atoms with Gasteiger partial charge in [0.05, 0.1) is 19.3 Å². The predicted octanol–water partition coefficient (Wildman–Crippen LogP) is 4.76. The fourth-order valence-corrected chi connectivity index (χ4v) is 5.09. The largest absolute Gasteiger partial charge is 0.376 e. The van der Waals surface area contributed by atoms with Crippen molar-refractivity contribution >= 4 is 12.2 Å². The summed E-state index contributed by atoms with van der Waals surface area (Å²) in [6.07, 6.45) is 10.1. The minimum atomic E-state index is -0.237. The van der Waals surface area contributed by atoms with Crippen molar-refractivity contribution < 1.29 is 9.13 Å². The second kappa shape index (κ2) is 8.28. The number of hydrogen-bond donors (Lipinski definition) is 0. The van der Waals surface area contributed by atoms with Gasteiger partial charge in [-0.15, -0.1) is 0 Å². The quantitative estimate of drug-likeness (QED) is 0.610. The van der Waals surface area contributed by atoms with E-state index in [1.165, 1.54) is 50.7 Å². The lowest BCUT2D eigenvalue weighted by molar-refractivity contribution is 0.0962. The Kier molecular flexibility index (Phi) is 5.54. The smallest absolute Gasteiger partial charge is 0.199 e. The monoisotopic (exact) mass is 416 g/mol. The van der Waals surface area contributed by atoms with Gasteiger partial charge < -0.3 is 4.74 Å². The topological polar surface area (TPSA) is 35.2 Å². The van der Waals surface area contributed by atoms with Crippen LogP contribution in [0.25, 0.3) is 11.4 Å². The maximum absolute atomic E-state index is 13.5. The zero-order valence-corrected chi connectivity index (χ0v) is 17.6. The average molecular weight is 417 g/mol. The zero-order chi connectivity index (χ0) is 19.8. The second-order valence-corrected chi connectivity index (χ2v) is 9.05. The Bertz CT molecular complexity index is 893. The lowest BCUT2D eigenvalue weighted by Gasteiger charge is -2.28. The SMILES string of the molecule is Fc1ccc(-c2nn(CN(C3CCCC3)C3CC3)c(=S)n2CC2CCCO2)cc1. The average Bonchev–Trinajstić information content (AvgIpc) is 3.09. The third kappa shape index (κ3) is 4.18. The van der Waals surface area contributed by atoms with Crippen LogP contribution in [0, 0.1) is 10.6 Å². The highest BCUT2D eigenvalue weighted by Crippen LogP contribution is 2.35. The molecule has 1 aromatic carbocycles. The van der Waals surface area contributed by atoms with Crippen molar-refractivity contribution in [2.45, 2.75) is 82.8 Å². The number of ether oxygens (including phenoxy) is 1. The molecular formula is C22H29FN4OS. The van der Waals surface area contributed by atoms with E-state index < -0.39 is 0 Å². The maximum Gasteiger partial charge on any atom is 0.199 e. The van der Waals surface area contributed by atoms with Crippen LogP contribution >= 0.6 is 12.2 Å². The van der Waals surface area contributed by atoms with Gasteiger partial charge in [0, 0.05) is 24.3 Å². The van der Waals surface area contributed by atoms with Gasteiger partial charge in [-0.2, -0.15) is 5.10 Å². The summed E-state index contributed by atoms with van der Waals surface area (Å²) in [5.74, 6) is 0.575. The van der Waals surface area contributed by atoms with Crippen LogP contribution in [0.1, 0.15) is 51.4 Å². The molecule has 29 heavy (non-hydrogen) atoms. The number of halogens is 1. The van der Waals surface area contributed by atoms with E-state index in [0.29, 0.717) is 18.6 Å². The molecule has 1 unspecified atom stereocenters. The summed E-state index contributed by atoms with van der Waals surface area (Å²) in [6.45, 7) is 2.27. The molecule has 0 amide bonds. The van der Waals surface area contributed by atoms with E-state index in [1.54, 1.807) is 12.1 Å². The van der Waals surface area contributed by atoms with Crippen molar-refractivity contribution in [2.75, 3.05) is 6.61 Å². The molecule has 5 nitrogen and oxygen atoms in total. The molecule has 3 aliphatic rings. The van der Waals surface area contributed by atoms with Crippen molar-refractivity contribution in [1.82, 2.24) is 19.2 Å². The van der Waals surface area contributed by atoms with Crippen LogP contribution in [-0.2, 0) is 18.0 Å². The minimum Gasteiger partial charge on any atom is -0.376 e. The standard InChI is InChI=1S/C22H29FN4OS/c23-17-9-7-16(8-10-17)21-24-27(22(29)25(21)14-20-6-3-13-28-20)15-26(19-11-12-19)18-4-1-2-5-18/h7-10,18-20H,1-6,11-15H2. The third-order valence-corrected chi connectivity index (χ3v) is 6.97. The Morgan fingerprint density at radius 1 is 1.03 bits per heavy atom. The van der Waals surface area contributed by atoms with Crippen LogP contribution < -0.4 is 0 Å². The molecule has 156 valence electrons. The zero-order valence-electron chi connectivity index (χ0n) is 16.8. The van der Waals surface area contributed by atoms with E-state index in [4.69, 9.17) is 22.1 Å². The molecule has 1 saturated heterocycles. The molecule has 0 radical (unpaired) electrons. The van der Waals surface area contributed by atoms with Crippen LogP contribution in [0.15, 0.2) is 24.3 Å². The van der Waals surface area contributed by atoms with Gasteiger partial charge in [-0.25, -0.2) is 9.07 Å².